The average Bonchev–Trinajstić information content (AvgIpc) is 3.38. The van der Waals surface area contributed by atoms with E-state index in [0.29, 0.717) is 23.2 Å². The first-order valence-electron chi connectivity index (χ1n) is 11.8. The van der Waals surface area contributed by atoms with Gasteiger partial charge in [-0.1, -0.05) is 61.5 Å². The summed E-state index contributed by atoms with van der Waals surface area (Å²) in [7, 11) is 0. The van der Waals surface area contributed by atoms with E-state index in [0.717, 1.165) is 22.4 Å². The zero-order chi connectivity index (χ0) is 25.5. The lowest BCUT2D eigenvalue weighted by Gasteiger charge is -2.24. The SMILES string of the molecule is CC(C)C(Nc1ccc(C(=O)NCCC(=O)O)cc1)c1ccc(-c2noc(-c3ccccc3)n2)cc1. The third-order valence-corrected chi connectivity index (χ3v) is 5.74. The van der Waals surface area contributed by atoms with Crippen LogP contribution in [0.1, 0.15) is 42.2 Å². The number of benzene rings is 3. The highest BCUT2D eigenvalue weighted by molar-refractivity contribution is 5.94. The van der Waals surface area contributed by atoms with Crippen molar-refractivity contribution < 1.29 is 19.2 Å². The molecular formula is C28H28N4O4. The maximum Gasteiger partial charge on any atom is 0.305 e. The summed E-state index contributed by atoms with van der Waals surface area (Å²) >= 11 is 0. The molecule has 3 N–H and O–H groups in total. The van der Waals surface area contributed by atoms with Crippen molar-refractivity contribution in [3.63, 3.8) is 0 Å². The number of hydrogen-bond donors (Lipinski definition) is 3. The van der Waals surface area contributed by atoms with Crippen LogP contribution in [0.2, 0.25) is 0 Å². The van der Waals surface area contributed by atoms with Gasteiger partial charge in [-0.05, 0) is 47.9 Å². The van der Waals surface area contributed by atoms with Gasteiger partial charge in [-0.15, -0.1) is 0 Å². The highest BCUT2D eigenvalue weighted by Gasteiger charge is 2.17. The van der Waals surface area contributed by atoms with Crippen molar-refractivity contribution in [2.24, 2.45) is 5.92 Å². The number of carboxylic acids is 1. The van der Waals surface area contributed by atoms with Gasteiger partial charge < -0.3 is 20.3 Å². The zero-order valence-electron chi connectivity index (χ0n) is 20.1. The average molecular weight is 485 g/mol. The van der Waals surface area contributed by atoms with Crippen LogP contribution in [0.25, 0.3) is 22.8 Å². The molecule has 0 aliphatic heterocycles. The smallest absolute Gasteiger partial charge is 0.305 e. The number of nitrogens with zero attached hydrogens (tertiary/aromatic N) is 2. The quantitative estimate of drug-likeness (QED) is 0.275. The van der Waals surface area contributed by atoms with Crippen molar-refractivity contribution in [2.75, 3.05) is 11.9 Å². The third-order valence-electron chi connectivity index (χ3n) is 5.74. The van der Waals surface area contributed by atoms with Crippen LogP contribution >= 0.6 is 0 Å². The summed E-state index contributed by atoms with van der Waals surface area (Å²) in [5.74, 6) is 0.0688. The summed E-state index contributed by atoms with van der Waals surface area (Å²) in [6, 6.07) is 24.9. The molecule has 36 heavy (non-hydrogen) atoms. The Kier molecular flexibility index (Phi) is 7.75. The van der Waals surface area contributed by atoms with E-state index < -0.39 is 5.97 Å². The Bertz CT molecular complexity index is 1300. The highest BCUT2D eigenvalue weighted by Crippen LogP contribution is 2.29. The molecule has 0 saturated heterocycles. The predicted octanol–water partition coefficient (Wildman–Crippen LogP) is 5.42. The number of amides is 1. The summed E-state index contributed by atoms with van der Waals surface area (Å²) in [6.45, 7) is 4.37. The van der Waals surface area contributed by atoms with E-state index in [4.69, 9.17) is 9.63 Å². The molecule has 0 spiro atoms. The van der Waals surface area contributed by atoms with Crippen molar-refractivity contribution in [1.82, 2.24) is 15.5 Å². The summed E-state index contributed by atoms with van der Waals surface area (Å²) < 4.78 is 5.43. The number of carbonyl (C=O) groups excluding carboxylic acids is 1. The Morgan fingerprint density at radius 3 is 2.25 bits per heavy atom. The standard InChI is InChI=1S/C28H28N4O4/c1-18(2)25(30-23-14-12-21(13-15-23)27(35)29-17-16-24(33)34)19-8-10-20(11-9-19)26-31-28(36-32-26)22-6-4-3-5-7-22/h3-15,18,25,30H,16-17H2,1-2H3,(H,29,35)(H,33,34). The van der Waals surface area contributed by atoms with Gasteiger partial charge >= 0.3 is 5.97 Å². The van der Waals surface area contributed by atoms with E-state index in [1.165, 1.54) is 0 Å². The lowest BCUT2D eigenvalue weighted by molar-refractivity contribution is -0.136. The molecular weight excluding hydrogens is 456 g/mol. The van der Waals surface area contributed by atoms with Crippen LogP contribution in [0.3, 0.4) is 0 Å². The number of rotatable bonds is 10. The number of aliphatic carboxylic acids is 1. The molecule has 8 nitrogen and oxygen atoms in total. The van der Waals surface area contributed by atoms with Gasteiger partial charge in [0, 0.05) is 28.9 Å². The molecule has 0 bridgehead atoms. The van der Waals surface area contributed by atoms with Gasteiger partial charge in [0.2, 0.25) is 5.82 Å². The molecule has 184 valence electrons. The van der Waals surface area contributed by atoms with Crippen LogP contribution in [0.5, 0.6) is 0 Å². The van der Waals surface area contributed by atoms with E-state index in [1.54, 1.807) is 12.1 Å². The molecule has 4 aromatic rings. The molecule has 1 amide bonds. The van der Waals surface area contributed by atoms with Gasteiger partial charge in [-0.2, -0.15) is 4.98 Å². The molecule has 0 aliphatic carbocycles. The van der Waals surface area contributed by atoms with Crippen LogP contribution in [0.15, 0.2) is 83.4 Å². The second-order valence-corrected chi connectivity index (χ2v) is 8.75. The topological polar surface area (TPSA) is 117 Å². The number of carboxylic acid groups (broad SMARTS) is 1. The molecule has 1 aromatic heterocycles. The fourth-order valence-corrected chi connectivity index (χ4v) is 3.80. The maximum absolute atomic E-state index is 12.2. The van der Waals surface area contributed by atoms with Crippen LogP contribution in [-0.2, 0) is 4.79 Å². The number of nitrogens with one attached hydrogen (secondary N) is 2. The number of anilines is 1. The molecule has 8 heteroatoms. The van der Waals surface area contributed by atoms with Gasteiger partial charge in [-0.3, -0.25) is 9.59 Å². The largest absolute Gasteiger partial charge is 0.481 e. The van der Waals surface area contributed by atoms with Crippen LogP contribution in [0, 0.1) is 5.92 Å². The lowest BCUT2D eigenvalue weighted by Crippen LogP contribution is -2.26. The molecule has 1 atom stereocenters. The molecule has 0 saturated carbocycles. The Hall–Kier alpha value is -4.46. The van der Waals surface area contributed by atoms with Gasteiger partial charge in [0.25, 0.3) is 11.8 Å². The first-order chi connectivity index (χ1) is 17.4. The second-order valence-electron chi connectivity index (χ2n) is 8.75. The number of aromatic nitrogens is 2. The molecule has 3 aromatic carbocycles. The predicted molar refractivity (Wildman–Crippen MR) is 137 cm³/mol. The normalized spacial score (nSPS) is 11.8. The van der Waals surface area contributed by atoms with Crippen LogP contribution in [0.4, 0.5) is 5.69 Å². The number of hydrogen-bond acceptors (Lipinski definition) is 6. The Balaban J connectivity index is 1.43. The first-order valence-corrected chi connectivity index (χ1v) is 11.8. The third kappa shape index (κ3) is 6.15. The van der Waals surface area contributed by atoms with Crippen LogP contribution in [-0.4, -0.2) is 33.7 Å². The molecule has 0 fully saturated rings. The summed E-state index contributed by atoms with van der Waals surface area (Å²) in [6.07, 6.45) is -0.110. The van der Waals surface area contributed by atoms with Crippen molar-refractivity contribution >= 4 is 17.6 Å². The lowest BCUT2D eigenvalue weighted by atomic mass is 9.94. The van der Waals surface area contributed by atoms with Gasteiger partial charge in [-0.25, -0.2) is 0 Å². The summed E-state index contributed by atoms with van der Waals surface area (Å²) in [5.41, 5.74) is 4.21. The van der Waals surface area contributed by atoms with Crippen LogP contribution < -0.4 is 10.6 Å². The van der Waals surface area contributed by atoms with Gasteiger partial charge in [0.15, 0.2) is 0 Å². The van der Waals surface area contributed by atoms with Gasteiger partial charge in [0.1, 0.15) is 0 Å². The van der Waals surface area contributed by atoms with Crippen molar-refractivity contribution in [1.29, 1.82) is 0 Å². The molecule has 4 rings (SSSR count). The minimum absolute atomic E-state index is 0.0411. The molecule has 1 heterocycles. The minimum atomic E-state index is -0.947. The minimum Gasteiger partial charge on any atom is -0.481 e. The van der Waals surface area contributed by atoms with Crippen molar-refractivity contribution in [2.45, 2.75) is 26.3 Å². The first kappa shape index (κ1) is 24.7. The van der Waals surface area contributed by atoms with Crippen molar-refractivity contribution in [3.05, 3.63) is 90.0 Å². The monoisotopic (exact) mass is 484 g/mol. The zero-order valence-corrected chi connectivity index (χ0v) is 20.1. The highest BCUT2D eigenvalue weighted by atomic mass is 16.5. The Morgan fingerprint density at radius 1 is 0.917 bits per heavy atom. The molecule has 1 unspecified atom stereocenters. The van der Waals surface area contributed by atoms with E-state index in [-0.39, 0.29) is 24.9 Å². The van der Waals surface area contributed by atoms with E-state index in [9.17, 15) is 9.59 Å². The second kappa shape index (κ2) is 11.3. The summed E-state index contributed by atoms with van der Waals surface area (Å²) in [4.78, 5) is 27.3. The molecule has 0 radical (unpaired) electrons. The van der Waals surface area contributed by atoms with E-state index in [2.05, 4.69) is 46.8 Å². The van der Waals surface area contributed by atoms with Gasteiger partial charge in [0.05, 0.1) is 12.5 Å². The maximum atomic E-state index is 12.2. The molecule has 0 aliphatic rings. The fraction of sp³-hybridized carbons (Fsp3) is 0.214. The van der Waals surface area contributed by atoms with Crippen molar-refractivity contribution in [3.8, 4) is 22.8 Å². The Labute approximate surface area is 209 Å². The van der Waals surface area contributed by atoms with E-state index in [1.807, 2.05) is 54.6 Å². The Morgan fingerprint density at radius 2 is 1.61 bits per heavy atom. The summed E-state index contributed by atoms with van der Waals surface area (Å²) in [5, 5.41) is 19.0. The van der Waals surface area contributed by atoms with E-state index >= 15 is 0 Å². The number of carbonyl (C=O) groups is 2. The fourth-order valence-electron chi connectivity index (χ4n) is 3.80.